The molecular weight excluding hydrogens is 144 g/mol. The SMILES string of the molecule is COCOCCCCC1CO1. The first-order valence-electron chi connectivity index (χ1n) is 4.12. The summed E-state index contributed by atoms with van der Waals surface area (Å²) in [5, 5.41) is 0. The van der Waals surface area contributed by atoms with Crippen LogP contribution in [-0.2, 0) is 14.2 Å². The summed E-state index contributed by atoms with van der Waals surface area (Å²) in [6.07, 6.45) is 4.07. The zero-order valence-electron chi connectivity index (χ0n) is 7.04. The molecule has 1 rings (SSSR count). The first-order chi connectivity index (χ1) is 5.43. The molecule has 0 aromatic rings. The smallest absolute Gasteiger partial charge is 0.146 e. The van der Waals surface area contributed by atoms with E-state index in [1.807, 2.05) is 0 Å². The Balaban J connectivity index is 1.66. The predicted molar refractivity (Wildman–Crippen MR) is 41.4 cm³/mol. The van der Waals surface area contributed by atoms with Crippen LogP contribution in [0, 0.1) is 0 Å². The van der Waals surface area contributed by atoms with Gasteiger partial charge in [-0.3, -0.25) is 0 Å². The highest BCUT2D eigenvalue weighted by Gasteiger charge is 2.20. The minimum absolute atomic E-state index is 0.417. The molecule has 3 nitrogen and oxygen atoms in total. The van der Waals surface area contributed by atoms with Crippen LogP contribution < -0.4 is 0 Å². The molecule has 0 bridgehead atoms. The Kier molecular flexibility index (Phi) is 4.50. The summed E-state index contributed by atoms with van der Waals surface area (Å²) < 4.78 is 14.9. The highest BCUT2D eigenvalue weighted by molar-refractivity contribution is 4.67. The van der Waals surface area contributed by atoms with Gasteiger partial charge in [0.15, 0.2) is 0 Å². The molecule has 66 valence electrons. The normalized spacial score (nSPS) is 22.1. The maximum absolute atomic E-state index is 5.12. The van der Waals surface area contributed by atoms with Gasteiger partial charge in [-0.15, -0.1) is 0 Å². The Morgan fingerprint density at radius 3 is 2.91 bits per heavy atom. The number of hydrogen-bond donors (Lipinski definition) is 0. The molecule has 0 radical (unpaired) electrons. The molecule has 11 heavy (non-hydrogen) atoms. The second-order valence-electron chi connectivity index (χ2n) is 2.77. The van der Waals surface area contributed by atoms with E-state index in [0.717, 1.165) is 19.6 Å². The average Bonchev–Trinajstić information content (AvgIpc) is 2.80. The van der Waals surface area contributed by atoms with Crippen LogP contribution in [0.5, 0.6) is 0 Å². The van der Waals surface area contributed by atoms with Crippen molar-refractivity contribution >= 4 is 0 Å². The fourth-order valence-electron chi connectivity index (χ4n) is 0.953. The zero-order valence-corrected chi connectivity index (χ0v) is 7.04. The fraction of sp³-hybridized carbons (Fsp3) is 1.00. The molecule has 0 N–H and O–H groups in total. The molecule has 1 aliphatic rings. The van der Waals surface area contributed by atoms with Crippen molar-refractivity contribution in [1.29, 1.82) is 0 Å². The lowest BCUT2D eigenvalue weighted by molar-refractivity contribution is -0.0316. The second-order valence-corrected chi connectivity index (χ2v) is 2.77. The quantitative estimate of drug-likeness (QED) is 0.318. The Hall–Kier alpha value is -0.120. The van der Waals surface area contributed by atoms with E-state index in [4.69, 9.17) is 14.2 Å². The van der Waals surface area contributed by atoms with Crippen LogP contribution in [0.4, 0.5) is 0 Å². The lowest BCUT2D eigenvalue weighted by Crippen LogP contribution is -1.98. The standard InChI is InChI=1S/C8H16O3/c1-9-7-10-5-3-2-4-8-6-11-8/h8H,2-7H2,1H3. The van der Waals surface area contributed by atoms with Crippen molar-refractivity contribution in [3.63, 3.8) is 0 Å². The van der Waals surface area contributed by atoms with E-state index in [1.54, 1.807) is 7.11 Å². The maximum atomic E-state index is 5.12. The van der Waals surface area contributed by atoms with Crippen molar-refractivity contribution in [2.75, 3.05) is 27.1 Å². The van der Waals surface area contributed by atoms with Gasteiger partial charge in [0.05, 0.1) is 12.7 Å². The van der Waals surface area contributed by atoms with Gasteiger partial charge in [-0.25, -0.2) is 0 Å². The molecule has 0 aliphatic carbocycles. The lowest BCUT2D eigenvalue weighted by Gasteiger charge is -2.00. The van der Waals surface area contributed by atoms with Gasteiger partial charge in [-0.05, 0) is 19.3 Å². The summed E-state index contributed by atoms with van der Waals surface area (Å²) in [7, 11) is 1.64. The van der Waals surface area contributed by atoms with Crippen molar-refractivity contribution < 1.29 is 14.2 Å². The van der Waals surface area contributed by atoms with E-state index < -0.39 is 0 Å². The van der Waals surface area contributed by atoms with Crippen molar-refractivity contribution in [3.8, 4) is 0 Å². The van der Waals surface area contributed by atoms with Crippen molar-refractivity contribution in [1.82, 2.24) is 0 Å². The number of methoxy groups -OCH3 is 1. The molecule has 3 heteroatoms. The summed E-state index contributed by atoms with van der Waals surface area (Å²) in [5.74, 6) is 0. The van der Waals surface area contributed by atoms with Gasteiger partial charge in [-0.2, -0.15) is 0 Å². The van der Waals surface area contributed by atoms with E-state index in [1.165, 1.54) is 12.8 Å². The molecular formula is C8H16O3. The third-order valence-corrected chi connectivity index (χ3v) is 1.67. The van der Waals surface area contributed by atoms with E-state index in [0.29, 0.717) is 12.9 Å². The fourth-order valence-corrected chi connectivity index (χ4v) is 0.953. The summed E-state index contributed by atoms with van der Waals surface area (Å²) >= 11 is 0. The van der Waals surface area contributed by atoms with Gasteiger partial charge >= 0.3 is 0 Å². The van der Waals surface area contributed by atoms with Crippen LogP contribution in [-0.4, -0.2) is 33.2 Å². The topological polar surface area (TPSA) is 31.0 Å². The van der Waals surface area contributed by atoms with Crippen LogP contribution in [0.3, 0.4) is 0 Å². The van der Waals surface area contributed by atoms with Gasteiger partial charge in [0.2, 0.25) is 0 Å². The molecule has 1 aliphatic heterocycles. The van der Waals surface area contributed by atoms with Crippen LogP contribution in [0.1, 0.15) is 19.3 Å². The molecule has 1 saturated heterocycles. The Bertz CT molecular complexity index is 91.3. The van der Waals surface area contributed by atoms with Gasteiger partial charge < -0.3 is 14.2 Å². The Morgan fingerprint density at radius 2 is 2.27 bits per heavy atom. The van der Waals surface area contributed by atoms with Crippen LogP contribution in [0.2, 0.25) is 0 Å². The molecule has 0 saturated carbocycles. The molecule has 1 atom stereocenters. The first-order valence-corrected chi connectivity index (χ1v) is 4.12. The van der Waals surface area contributed by atoms with Gasteiger partial charge in [0, 0.05) is 13.7 Å². The van der Waals surface area contributed by atoms with E-state index >= 15 is 0 Å². The number of ether oxygens (including phenoxy) is 3. The molecule has 0 aromatic carbocycles. The number of rotatable bonds is 7. The number of hydrogen-bond acceptors (Lipinski definition) is 3. The van der Waals surface area contributed by atoms with Crippen molar-refractivity contribution in [3.05, 3.63) is 0 Å². The molecule has 1 heterocycles. The van der Waals surface area contributed by atoms with Crippen LogP contribution in [0.25, 0.3) is 0 Å². The molecule has 0 amide bonds. The van der Waals surface area contributed by atoms with Gasteiger partial charge in [0.1, 0.15) is 6.79 Å². The summed E-state index contributed by atoms with van der Waals surface area (Å²) in [4.78, 5) is 0. The molecule has 0 spiro atoms. The highest BCUT2D eigenvalue weighted by Crippen LogP contribution is 2.16. The van der Waals surface area contributed by atoms with Crippen LogP contribution >= 0.6 is 0 Å². The third kappa shape index (κ3) is 5.18. The van der Waals surface area contributed by atoms with E-state index in [-0.39, 0.29) is 0 Å². The van der Waals surface area contributed by atoms with Crippen molar-refractivity contribution in [2.24, 2.45) is 0 Å². The second kappa shape index (κ2) is 5.52. The molecule has 1 unspecified atom stereocenters. The molecule has 0 aromatic heterocycles. The van der Waals surface area contributed by atoms with Gasteiger partial charge in [-0.1, -0.05) is 0 Å². The van der Waals surface area contributed by atoms with Crippen LogP contribution in [0.15, 0.2) is 0 Å². The number of unbranched alkanes of at least 4 members (excludes halogenated alkanes) is 1. The number of epoxide rings is 1. The van der Waals surface area contributed by atoms with Crippen molar-refractivity contribution in [2.45, 2.75) is 25.4 Å². The van der Waals surface area contributed by atoms with E-state index in [2.05, 4.69) is 0 Å². The highest BCUT2D eigenvalue weighted by atomic mass is 16.7. The minimum Gasteiger partial charge on any atom is -0.373 e. The maximum Gasteiger partial charge on any atom is 0.146 e. The lowest BCUT2D eigenvalue weighted by atomic mass is 10.2. The predicted octanol–water partition coefficient (Wildman–Crippen LogP) is 1.18. The summed E-state index contributed by atoms with van der Waals surface area (Å²) in [6, 6.07) is 0. The van der Waals surface area contributed by atoms with Gasteiger partial charge in [0.25, 0.3) is 0 Å². The summed E-state index contributed by atoms with van der Waals surface area (Å²) in [6.45, 7) is 2.19. The first kappa shape index (κ1) is 8.97. The Labute approximate surface area is 67.6 Å². The Morgan fingerprint density at radius 1 is 1.45 bits per heavy atom. The minimum atomic E-state index is 0.417. The third-order valence-electron chi connectivity index (χ3n) is 1.67. The summed E-state index contributed by atoms with van der Waals surface area (Å²) in [5.41, 5.74) is 0. The zero-order chi connectivity index (χ0) is 7.94. The largest absolute Gasteiger partial charge is 0.373 e. The molecule has 1 fully saturated rings. The monoisotopic (exact) mass is 160 g/mol. The van der Waals surface area contributed by atoms with E-state index in [9.17, 15) is 0 Å². The average molecular weight is 160 g/mol.